The number of hydrogen-bond donors (Lipinski definition) is 1. The highest BCUT2D eigenvalue weighted by molar-refractivity contribution is 5.39. The normalized spacial score (nSPS) is 11.4. The van der Waals surface area contributed by atoms with Gasteiger partial charge in [-0.3, -0.25) is 0 Å². The number of benzene rings is 1. The zero-order valence-electron chi connectivity index (χ0n) is 11.2. The highest BCUT2D eigenvalue weighted by atomic mass is 19.4. The second-order valence-corrected chi connectivity index (χ2v) is 3.94. The third-order valence-electron chi connectivity index (χ3n) is 2.31. The maximum Gasteiger partial charge on any atom is 0.573 e. The van der Waals surface area contributed by atoms with Crippen molar-refractivity contribution in [1.29, 1.82) is 0 Å². The molecule has 0 saturated heterocycles. The topological polar surface area (TPSA) is 39.7 Å². The molecule has 20 heavy (non-hydrogen) atoms. The molecule has 7 heteroatoms. The molecule has 1 rings (SSSR count). The van der Waals surface area contributed by atoms with Crippen LogP contribution in [0.1, 0.15) is 6.42 Å². The first kappa shape index (κ1) is 16.6. The van der Waals surface area contributed by atoms with Crippen LogP contribution in [0.2, 0.25) is 0 Å². The summed E-state index contributed by atoms with van der Waals surface area (Å²) in [6.45, 7) is 2.34. The van der Waals surface area contributed by atoms with Gasteiger partial charge in [-0.1, -0.05) is 12.1 Å². The van der Waals surface area contributed by atoms with Crippen molar-refractivity contribution in [3.8, 4) is 11.5 Å². The van der Waals surface area contributed by atoms with Crippen LogP contribution < -0.4 is 14.8 Å². The van der Waals surface area contributed by atoms with Gasteiger partial charge in [0.15, 0.2) is 11.5 Å². The van der Waals surface area contributed by atoms with Crippen LogP contribution in [0.4, 0.5) is 13.2 Å². The van der Waals surface area contributed by atoms with Crippen LogP contribution >= 0.6 is 0 Å². The molecule has 0 saturated carbocycles. The average molecular weight is 293 g/mol. The predicted molar refractivity (Wildman–Crippen MR) is 68.0 cm³/mol. The van der Waals surface area contributed by atoms with Crippen molar-refractivity contribution in [2.24, 2.45) is 0 Å². The van der Waals surface area contributed by atoms with E-state index in [0.717, 1.165) is 6.54 Å². The maximum absolute atomic E-state index is 12.2. The Morgan fingerprint density at radius 2 is 1.75 bits per heavy atom. The van der Waals surface area contributed by atoms with Gasteiger partial charge in [0, 0.05) is 13.7 Å². The Bertz CT molecular complexity index is 385. The lowest BCUT2D eigenvalue weighted by atomic mass is 10.3. The van der Waals surface area contributed by atoms with Gasteiger partial charge < -0.3 is 19.5 Å². The molecule has 114 valence electrons. The fourth-order valence-electron chi connectivity index (χ4n) is 1.46. The summed E-state index contributed by atoms with van der Waals surface area (Å²) in [5.74, 6) is -0.242. The molecule has 0 radical (unpaired) electrons. The molecule has 1 aromatic carbocycles. The van der Waals surface area contributed by atoms with Crippen molar-refractivity contribution in [1.82, 2.24) is 5.32 Å². The number of nitrogens with one attached hydrogen (secondary N) is 1. The van der Waals surface area contributed by atoms with Crippen LogP contribution in [0.5, 0.6) is 11.5 Å². The lowest BCUT2D eigenvalue weighted by molar-refractivity contribution is -0.275. The van der Waals surface area contributed by atoms with Crippen LogP contribution in [-0.4, -0.2) is 39.8 Å². The molecule has 1 N–H and O–H groups in total. The standard InChI is InChI=1S/C13H18F3NO3/c1-18-10-8-17-7-4-9-19-11-5-2-3-6-12(11)20-13(14,15)16/h2-3,5-6,17H,4,7-10H2,1H3. The largest absolute Gasteiger partial charge is 0.573 e. The molecule has 4 nitrogen and oxygen atoms in total. The monoisotopic (exact) mass is 293 g/mol. The Kier molecular flexibility index (Phi) is 7.17. The fourth-order valence-corrected chi connectivity index (χ4v) is 1.46. The van der Waals surface area contributed by atoms with Gasteiger partial charge in [-0.25, -0.2) is 0 Å². The molecule has 0 aliphatic carbocycles. The highest BCUT2D eigenvalue weighted by Gasteiger charge is 2.32. The van der Waals surface area contributed by atoms with E-state index in [1.54, 1.807) is 13.2 Å². The second kappa shape index (κ2) is 8.65. The average Bonchev–Trinajstić information content (AvgIpc) is 2.38. The number of hydrogen-bond acceptors (Lipinski definition) is 4. The Morgan fingerprint density at radius 1 is 1.05 bits per heavy atom. The third kappa shape index (κ3) is 7.20. The summed E-state index contributed by atoms with van der Waals surface area (Å²) in [6.07, 6.45) is -4.05. The van der Waals surface area contributed by atoms with Gasteiger partial charge in [0.1, 0.15) is 0 Å². The number of para-hydroxylation sites is 2. The Hall–Kier alpha value is -1.47. The van der Waals surface area contributed by atoms with Crippen molar-refractivity contribution < 1.29 is 27.4 Å². The molecular weight excluding hydrogens is 275 g/mol. The predicted octanol–water partition coefficient (Wildman–Crippen LogP) is 2.59. The Labute approximate surface area is 115 Å². The first-order chi connectivity index (χ1) is 9.53. The smallest absolute Gasteiger partial charge is 0.490 e. The van der Waals surface area contributed by atoms with E-state index in [0.29, 0.717) is 26.2 Å². The van der Waals surface area contributed by atoms with Gasteiger partial charge >= 0.3 is 6.36 Å². The number of methoxy groups -OCH3 is 1. The summed E-state index contributed by atoms with van der Waals surface area (Å²) < 4.78 is 50.6. The molecule has 0 amide bonds. The van der Waals surface area contributed by atoms with E-state index in [1.165, 1.54) is 18.2 Å². The van der Waals surface area contributed by atoms with Crippen molar-refractivity contribution >= 4 is 0 Å². The van der Waals surface area contributed by atoms with E-state index < -0.39 is 6.36 Å². The van der Waals surface area contributed by atoms with Gasteiger partial charge in [-0.2, -0.15) is 0 Å². The molecule has 0 aromatic heterocycles. The Morgan fingerprint density at radius 3 is 2.40 bits per heavy atom. The lowest BCUT2D eigenvalue weighted by Crippen LogP contribution is -2.22. The second-order valence-electron chi connectivity index (χ2n) is 3.94. The number of ether oxygens (including phenoxy) is 3. The summed E-state index contributed by atoms with van der Waals surface area (Å²) in [5.41, 5.74) is 0. The van der Waals surface area contributed by atoms with Gasteiger partial charge in [0.25, 0.3) is 0 Å². The van der Waals surface area contributed by atoms with E-state index in [9.17, 15) is 13.2 Å². The molecule has 0 bridgehead atoms. The Balaban J connectivity index is 2.33. The van der Waals surface area contributed by atoms with E-state index in [1.807, 2.05) is 0 Å². The summed E-state index contributed by atoms with van der Waals surface area (Å²) in [7, 11) is 1.61. The lowest BCUT2D eigenvalue weighted by Gasteiger charge is -2.13. The minimum absolute atomic E-state index is 0.0849. The molecule has 0 aliphatic rings. The van der Waals surface area contributed by atoms with Crippen molar-refractivity contribution in [2.45, 2.75) is 12.8 Å². The van der Waals surface area contributed by atoms with E-state index in [-0.39, 0.29) is 11.5 Å². The number of rotatable bonds is 9. The summed E-state index contributed by atoms with van der Waals surface area (Å²) in [4.78, 5) is 0. The first-order valence-electron chi connectivity index (χ1n) is 6.20. The molecule has 0 atom stereocenters. The minimum Gasteiger partial charge on any atom is -0.490 e. The van der Waals surface area contributed by atoms with E-state index in [4.69, 9.17) is 9.47 Å². The zero-order valence-corrected chi connectivity index (χ0v) is 11.2. The van der Waals surface area contributed by atoms with Gasteiger partial charge in [-0.15, -0.1) is 13.2 Å². The third-order valence-corrected chi connectivity index (χ3v) is 2.31. The van der Waals surface area contributed by atoms with Gasteiger partial charge in [0.05, 0.1) is 13.2 Å². The molecule has 0 fully saturated rings. The van der Waals surface area contributed by atoms with Crippen LogP contribution in [0, 0.1) is 0 Å². The van der Waals surface area contributed by atoms with Crippen molar-refractivity contribution in [3.63, 3.8) is 0 Å². The molecule has 0 heterocycles. The highest BCUT2D eigenvalue weighted by Crippen LogP contribution is 2.31. The molecule has 0 aliphatic heterocycles. The van der Waals surface area contributed by atoms with Gasteiger partial charge in [0.2, 0.25) is 0 Å². The van der Waals surface area contributed by atoms with Crippen molar-refractivity contribution in [2.75, 3.05) is 33.4 Å². The summed E-state index contributed by atoms with van der Waals surface area (Å²) in [5, 5.41) is 3.11. The van der Waals surface area contributed by atoms with Crippen LogP contribution in [0.3, 0.4) is 0 Å². The molecular formula is C13H18F3NO3. The van der Waals surface area contributed by atoms with E-state index in [2.05, 4.69) is 10.1 Å². The van der Waals surface area contributed by atoms with Crippen LogP contribution in [0.25, 0.3) is 0 Å². The molecule has 0 spiro atoms. The van der Waals surface area contributed by atoms with E-state index >= 15 is 0 Å². The minimum atomic E-state index is -4.72. The SMILES string of the molecule is COCCNCCCOc1ccccc1OC(F)(F)F. The van der Waals surface area contributed by atoms with Crippen LogP contribution in [0.15, 0.2) is 24.3 Å². The number of alkyl halides is 3. The maximum atomic E-state index is 12.2. The summed E-state index contributed by atoms with van der Waals surface area (Å²) in [6, 6.07) is 5.72. The zero-order chi connectivity index (χ0) is 14.8. The quantitative estimate of drug-likeness (QED) is 0.710. The summed E-state index contributed by atoms with van der Waals surface area (Å²) >= 11 is 0. The number of halogens is 3. The van der Waals surface area contributed by atoms with Crippen LogP contribution in [-0.2, 0) is 4.74 Å². The molecule has 0 unspecified atom stereocenters. The van der Waals surface area contributed by atoms with Gasteiger partial charge in [-0.05, 0) is 25.1 Å². The molecule has 1 aromatic rings. The first-order valence-corrected chi connectivity index (χ1v) is 6.20. The fraction of sp³-hybridized carbons (Fsp3) is 0.538. The van der Waals surface area contributed by atoms with Crippen molar-refractivity contribution in [3.05, 3.63) is 24.3 Å².